The molecular weight excluding hydrogens is 400 g/mol. The summed E-state index contributed by atoms with van der Waals surface area (Å²) in [6.07, 6.45) is 3.45. The monoisotopic (exact) mass is 430 g/mol. The van der Waals surface area contributed by atoms with E-state index in [4.69, 9.17) is 10.5 Å². The molecule has 6 nitrogen and oxygen atoms in total. The second-order valence-electron chi connectivity index (χ2n) is 9.09. The maximum atomic E-state index is 11.8. The molecule has 0 saturated carbocycles. The fraction of sp³-hybridized carbons (Fsp3) is 0.385. The van der Waals surface area contributed by atoms with Crippen molar-refractivity contribution in [3.63, 3.8) is 0 Å². The first-order valence-electron chi connectivity index (χ1n) is 11.4. The lowest BCUT2D eigenvalue weighted by Crippen LogP contribution is -2.45. The van der Waals surface area contributed by atoms with E-state index in [-0.39, 0.29) is 5.91 Å². The van der Waals surface area contributed by atoms with E-state index in [1.165, 1.54) is 22.5 Å². The molecule has 0 aliphatic carbocycles. The van der Waals surface area contributed by atoms with Gasteiger partial charge in [0.2, 0.25) is 5.91 Å². The van der Waals surface area contributed by atoms with Gasteiger partial charge in [0.05, 0.1) is 18.7 Å². The van der Waals surface area contributed by atoms with Crippen LogP contribution in [0.1, 0.15) is 19.8 Å². The molecule has 0 bridgehead atoms. The van der Waals surface area contributed by atoms with Gasteiger partial charge in [0.1, 0.15) is 0 Å². The molecule has 1 amide bonds. The Bertz CT molecular complexity index is 1130. The van der Waals surface area contributed by atoms with Crippen LogP contribution in [0.2, 0.25) is 0 Å². The highest BCUT2D eigenvalue weighted by Gasteiger charge is 2.35. The van der Waals surface area contributed by atoms with Gasteiger partial charge in [-0.05, 0) is 48.7 Å². The number of pyridine rings is 1. The third kappa shape index (κ3) is 3.79. The Morgan fingerprint density at radius 3 is 2.47 bits per heavy atom. The first-order valence-corrected chi connectivity index (χ1v) is 11.4. The largest absolute Gasteiger partial charge is 0.378 e. The van der Waals surface area contributed by atoms with Crippen LogP contribution in [0, 0.1) is 5.41 Å². The number of piperidine rings is 1. The van der Waals surface area contributed by atoms with Gasteiger partial charge in [0, 0.05) is 60.1 Å². The van der Waals surface area contributed by atoms with E-state index < -0.39 is 5.41 Å². The van der Waals surface area contributed by atoms with Crippen LogP contribution in [0.25, 0.3) is 22.0 Å². The third-order valence-electron chi connectivity index (χ3n) is 7.10. The first kappa shape index (κ1) is 20.8. The molecule has 3 aromatic rings. The molecule has 3 heterocycles. The minimum absolute atomic E-state index is 0.193. The van der Waals surface area contributed by atoms with E-state index in [0.717, 1.165) is 63.1 Å². The summed E-state index contributed by atoms with van der Waals surface area (Å²) in [4.78, 5) is 21.2. The van der Waals surface area contributed by atoms with E-state index in [9.17, 15) is 4.79 Å². The predicted molar refractivity (Wildman–Crippen MR) is 129 cm³/mol. The Morgan fingerprint density at radius 1 is 0.969 bits per heavy atom. The van der Waals surface area contributed by atoms with Gasteiger partial charge in [-0.3, -0.25) is 9.78 Å². The Kier molecular flexibility index (Phi) is 5.47. The number of amides is 1. The van der Waals surface area contributed by atoms with Crippen molar-refractivity contribution in [2.45, 2.75) is 19.8 Å². The number of para-hydroxylation sites is 1. The zero-order chi connectivity index (χ0) is 22.1. The molecule has 0 radical (unpaired) electrons. The van der Waals surface area contributed by atoms with Crippen LogP contribution < -0.4 is 15.5 Å². The van der Waals surface area contributed by atoms with Crippen molar-refractivity contribution < 1.29 is 9.53 Å². The number of anilines is 2. The number of hydrogen-bond acceptors (Lipinski definition) is 5. The quantitative estimate of drug-likeness (QED) is 0.681. The Hall–Kier alpha value is -3.12. The van der Waals surface area contributed by atoms with Crippen LogP contribution in [0.15, 0.2) is 54.7 Å². The van der Waals surface area contributed by atoms with E-state index in [0.29, 0.717) is 0 Å². The molecule has 2 aromatic carbocycles. The van der Waals surface area contributed by atoms with Gasteiger partial charge in [-0.1, -0.05) is 25.1 Å². The third-order valence-corrected chi connectivity index (χ3v) is 7.10. The molecule has 0 unspecified atom stereocenters. The Balaban J connectivity index is 1.52. The molecular formula is C26H30N4O2. The number of benzene rings is 2. The number of aromatic nitrogens is 1. The second-order valence-corrected chi connectivity index (χ2v) is 9.09. The highest BCUT2D eigenvalue weighted by molar-refractivity contribution is 5.99. The average Bonchev–Trinajstić information content (AvgIpc) is 2.84. The number of carbonyl (C=O) groups is 1. The van der Waals surface area contributed by atoms with Gasteiger partial charge in [-0.15, -0.1) is 0 Å². The van der Waals surface area contributed by atoms with Crippen molar-refractivity contribution in [3.8, 4) is 11.1 Å². The maximum Gasteiger partial charge on any atom is 0.223 e. The molecule has 2 N–H and O–H groups in total. The molecule has 2 aliphatic rings. The number of ether oxygens (including phenoxy) is 1. The van der Waals surface area contributed by atoms with E-state index in [1.54, 1.807) is 0 Å². The molecule has 6 heteroatoms. The second kappa shape index (κ2) is 8.43. The topological polar surface area (TPSA) is 71.7 Å². The van der Waals surface area contributed by atoms with Crippen LogP contribution in [-0.4, -0.2) is 50.3 Å². The summed E-state index contributed by atoms with van der Waals surface area (Å²) in [6, 6.07) is 17.2. The molecule has 32 heavy (non-hydrogen) atoms. The molecule has 166 valence electrons. The molecule has 2 saturated heterocycles. The van der Waals surface area contributed by atoms with Crippen molar-refractivity contribution in [2.24, 2.45) is 11.1 Å². The summed E-state index contributed by atoms with van der Waals surface area (Å²) in [5.41, 5.74) is 11.0. The van der Waals surface area contributed by atoms with E-state index in [2.05, 4.69) is 63.3 Å². The number of morpholine rings is 1. The molecule has 0 spiro atoms. The van der Waals surface area contributed by atoms with Crippen molar-refractivity contribution >= 4 is 28.2 Å². The van der Waals surface area contributed by atoms with Gasteiger partial charge in [-0.25, -0.2) is 0 Å². The number of primary amides is 1. The average molecular weight is 431 g/mol. The zero-order valence-electron chi connectivity index (χ0n) is 18.6. The number of rotatable bonds is 4. The lowest BCUT2D eigenvalue weighted by molar-refractivity contribution is -0.127. The van der Waals surface area contributed by atoms with Gasteiger partial charge in [0.15, 0.2) is 0 Å². The number of fused-ring (bicyclic) bond motifs is 1. The number of nitrogens with two attached hydrogens (primary N) is 1. The van der Waals surface area contributed by atoms with Crippen molar-refractivity contribution in [3.05, 3.63) is 54.7 Å². The molecule has 2 fully saturated rings. The number of nitrogens with zero attached hydrogens (tertiary/aromatic N) is 3. The summed E-state index contributed by atoms with van der Waals surface area (Å²) in [6.45, 7) is 6.95. The summed E-state index contributed by atoms with van der Waals surface area (Å²) < 4.78 is 5.56. The fourth-order valence-corrected chi connectivity index (χ4v) is 4.85. The van der Waals surface area contributed by atoms with E-state index >= 15 is 0 Å². The highest BCUT2D eigenvalue weighted by atomic mass is 16.5. The molecule has 5 rings (SSSR count). The molecule has 1 aromatic heterocycles. The van der Waals surface area contributed by atoms with Crippen molar-refractivity contribution in [1.29, 1.82) is 0 Å². The van der Waals surface area contributed by atoms with Crippen LogP contribution in [-0.2, 0) is 9.53 Å². The minimum atomic E-state index is -0.406. The number of carbonyl (C=O) groups excluding carboxylic acids is 1. The normalized spacial score (nSPS) is 18.7. The van der Waals surface area contributed by atoms with Crippen LogP contribution in [0.5, 0.6) is 0 Å². The standard InChI is InChI=1S/C26H30N4O2/c1-26(25(27)31)9-12-29(13-10-26)19-6-7-23-22(18-19)20(8-11-28-23)21-4-2-3-5-24(21)30-14-16-32-17-15-30/h2-8,11,18H,9-10,12-17H2,1H3,(H2,27,31). The SMILES string of the molecule is CC1(C(N)=O)CCN(c2ccc3nccc(-c4ccccc4N4CCOCC4)c3c2)CC1. The molecule has 2 aliphatic heterocycles. The number of hydrogen-bond donors (Lipinski definition) is 1. The highest BCUT2D eigenvalue weighted by Crippen LogP contribution is 2.38. The van der Waals surface area contributed by atoms with Crippen LogP contribution in [0.3, 0.4) is 0 Å². The fourth-order valence-electron chi connectivity index (χ4n) is 4.85. The minimum Gasteiger partial charge on any atom is -0.378 e. The van der Waals surface area contributed by atoms with Gasteiger partial charge < -0.3 is 20.3 Å². The summed E-state index contributed by atoms with van der Waals surface area (Å²) in [7, 11) is 0. The summed E-state index contributed by atoms with van der Waals surface area (Å²) >= 11 is 0. The Labute approximate surface area is 189 Å². The van der Waals surface area contributed by atoms with Gasteiger partial charge in [0.25, 0.3) is 0 Å². The lowest BCUT2D eigenvalue weighted by atomic mass is 9.79. The summed E-state index contributed by atoms with van der Waals surface area (Å²) in [5, 5.41) is 1.15. The zero-order valence-corrected chi connectivity index (χ0v) is 18.6. The first-order chi connectivity index (χ1) is 15.5. The maximum absolute atomic E-state index is 11.8. The van der Waals surface area contributed by atoms with Gasteiger partial charge >= 0.3 is 0 Å². The van der Waals surface area contributed by atoms with Gasteiger partial charge in [-0.2, -0.15) is 0 Å². The smallest absolute Gasteiger partial charge is 0.223 e. The van der Waals surface area contributed by atoms with Crippen molar-refractivity contribution in [1.82, 2.24) is 4.98 Å². The van der Waals surface area contributed by atoms with Crippen molar-refractivity contribution in [2.75, 3.05) is 49.2 Å². The van der Waals surface area contributed by atoms with E-state index in [1.807, 2.05) is 13.1 Å². The predicted octanol–water partition coefficient (Wildman–Crippen LogP) is 3.83. The Morgan fingerprint density at radius 2 is 1.72 bits per heavy atom. The molecule has 0 atom stereocenters. The summed E-state index contributed by atoms with van der Waals surface area (Å²) in [5.74, 6) is -0.193. The van der Waals surface area contributed by atoms with Crippen LogP contribution in [0.4, 0.5) is 11.4 Å². The van der Waals surface area contributed by atoms with Crippen LogP contribution >= 0.6 is 0 Å². The lowest BCUT2D eigenvalue weighted by Gasteiger charge is -2.38.